The van der Waals surface area contributed by atoms with Crippen LogP contribution in [0.15, 0.2) is 26.2 Å². The van der Waals surface area contributed by atoms with Gasteiger partial charge in [0.1, 0.15) is 11.7 Å². The van der Waals surface area contributed by atoms with Crippen molar-refractivity contribution in [1.82, 2.24) is 29.9 Å². The normalized spacial score (nSPS) is 13.2. The first-order valence-electron chi connectivity index (χ1n) is 6.89. The second kappa shape index (κ2) is 6.10. The number of H-pyrrole nitrogens is 1. The van der Waals surface area contributed by atoms with Gasteiger partial charge in [0.05, 0.1) is 16.4 Å². The van der Waals surface area contributed by atoms with E-state index in [0.717, 1.165) is 10.9 Å². The van der Waals surface area contributed by atoms with E-state index in [2.05, 4.69) is 41.1 Å². The molecule has 8 nitrogen and oxygen atoms in total. The van der Waals surface area contributed by atoms with Gasteiger partial charge in [0.25, 0.3) is 11.4 Å². The molecule has 0 saturated heterocycles. The fourth-order valence-electron chi connectivity index (χ4n) is 2.13. The summed E-state index contributed by atoms with van der Waals surface area (Å²) < 4.78 is 45.0. The highest BCUT2D eigenvalue weighted by Gasteiger charge is 2.39. The Morgan fingerprint density at radius 3 is 2.68 bits per heavy atom. The third-order valence-electron chi connectivity index (χ3n) is 3.41. The highest BCUT2D eigenvalue weighted by molar-refractivity contribution is 9.10. The Kier molecular flexibility index (Phi) is 4.22. The molecule has 25 heavy (non-hydrogen) atoms. The van der Waals surface area contributed by atoms with Crippen molar-refractivity contribution in [1.29, 1.82) is 0 Å². The number of nitrogens with one attached hydrogen (secondary N) is 1. The van der Waals surface area contributed by atoms with Crippen molar-refractivity contribution in [2.45, 2.75) is 26.1 Å². The van der Waals surface area contributed by atoms with Gasteiger partial charge in [0.2, 0.25) is 5.82 Å². The highest BCUT2D eigenvalue weighted by Crippen LogP contribution is 2.37. The van der Waals surface area contributed by atoms with Gasteiger partial charge in [-0.25, -0.2) is 4.98 Å². The van der Waals surface area contributed by atoms with Gasteiger partial charge < -0.3 is 9.51 Å². The average molecular weight is 419 g/mol. The molecule has 12 heteroatoms. The molecule has 0 aliphatic heterocycles. The Balaban J connectivity index is 1.96. The first kappa shape index (κ1) is 17.3. The molecule has 0 saturated carbocycles. The number of alkyl halides is 3. The number of nitrogens with zero attached hydrogens (tertiary/aromatic N) is 5. The minimum Gasteiger partial charge on any atom is -0.337 e. The molecule has 0 aliphatic rings. The van der Waals surface area contributed by atoms with Crippen LogP contribution in [0.4, 0.5) is 13.2 Å². The molecule has 3 heterocycles. The van der Waals surface area contributed by atoms with Crippen molar-refractivity contribution in [2.75, 3.05) is 0 Å². The summed E-state index contributed by atoms with van der Waals surface area (Å²) in [4.78, 5) is 21.4. The molecule has 0 radical (unpaired) electrons. The maximum Gasteiger partial charge on any atom is 0.436 e. The van der Waals surface area contributed by atoms with Gasteiger partial charge in [-0.3, -0.25) is 9.48 Å². The maximum absolute atomic E-state index is 13.0. The summed E-state index contributed by atoms with van der Waals surface area (Å²) in [6.07, 6.45) is -2.23. The molecule has 0 spiro atoms. The SMILES string of the molecule is Cc1c(Br)c(C(F)(F)F)nn1C(C)c1nc(-c2c[nH]c(=O)cn2)no1. The van der Waals surface area contributed by atoms with E-state index in [4.69, 9.17) is 4.52 Å². The number of hydrogen-bond acceptors (Lipinski definition) is 6. The predicted molar refractivity (Wildman–Crippen MR) is 81.6 cm³/mol. The van der Waals surface area contributed by atoms with Crippen molar-refractivity contribution >= 4 is 15.9 Å². The fraction of sp³-hybridized carbons (Fsp3) is 0.308. The fourth-order valence-corrected chi connectivity index (χ4v) is 2.62. The highest BCUT2D eigenvalue weighted by atomic mass is 79.9. The molecular formula is C13H10BrF3N6O2. The van der Waals surface area contributed by atoms with Crippen LogP contribution in [0.25, 0.3) is 11.5 Å². The molecule has 132 valence electrons. The van der Waals surface area contributed by atoms with Gasteiger partial charge in [-0.1, -0.05) is 5.16 Å². The monoisotopic (exact) mass is 418 g/mol. The Labute approximate surface area is 146 Å². The van der Waals surface area contributed by atoms with Crippen molar-refractivity contribution in [2.24, 2.45) is 0 Å². The van der Waals surface area contributed by atoms with E-state index in [0.29, 0.717) is 0 Å². The van der Waals surface area contributed by atoms with Gasteiger partial charge in [0.15, 0.2) is 5.69 Å². The second-order valence-corrected chi connectivity index (χ2v) is 5.91. The van der Waals surface area contributed by atoms with Gasteiger partial charge >= 0.3 is 6.18 Å². The van der Waals surface area contributed by atoms with E-state index in [1.807, 2.05) is 0 Å². The largest absolute Gasteiger partial charge is 0.436 e. The molecule has 0 amide bonds. The first-order valence-corrected chi connectivity index (χ1v) is 7.68. The average Bonchev–Trinajstić information content (AvgIpc) is 3.14. The van der Waals surface area contributed by atoms with Gasteiger partial charge in [0, 0.05) is 6.20 Å². The molecule has 3 aromatic heterocycles. The molecule has 1 unspecified atom stereocenters. The molecule has 1 atom stereocenters. The van der Waals surface area contributed by atoms with Crippen LogP contribution >= 0.6 is 15.9 Å². The molecule has 1 N–H and O–H groups in total. The van der Waals surface area contributed by atoms with Crippen molar-refractivity contribution in [3.05, 3.63) is 44.5 Å². The quantitative estimate of drug-likeness (QED) is 0.701. The number of halogens is 4. The van der Waals surface area contributed by atoms with Crippen LogP contribution in [0.3, 0.4) is 0 Å². The number of aromatic amines is 1. The molecular weight excluding hydrogens is 409 g/mol. The summed E-state index contributed by atoms with van der Waals surface area (Å²) in [7, 11) is 0. The zero-order chi connectivity index (χ0) is 18.4. The van der Waals surface area contributed by atoms with E-state index in [1.165, 1.54) is 13.1 Å². The zero-order valence-corrected chi connectivity index (χ0v) is 14.4. The van der Waals surface area contributed by atoms with Gasteiger partial charge in [-0.2, -0.15) is 23.3 Å². The van der Waals surface area contributed by atoms with Gasteiger partial charge in [-0.15, -0.1) is 0 Å². The summed E-state index contributed by atoms with van der Waals surface area (Å²) in [5, 5.41) is 7.33. The van der Waals surface area contributed by atoms with E-state index in [9.17, 15) is 18.0 Å². The van der Waals surface area contributed by atoms with Crippen molar-refractivity contribution < 1.29 is 17.7 Å². The lowest BCUT2D eigenvalue weighted by Gasteiger charge is -2.09. The Morgan fingerprint density at radius 2 is 2.12 bits per heavy atom. The zero-order valence-electron chi connectivity index (χ0n) is 12.8. The molecule has 3 rings (SSSR count). The molecule has 3 aromatic rings. The van der Waals surface area contributed by atoms with Crippen LogP contribution in [0, 0.1) is 6.92 Å². The summed E-state index contributed by atoms with van der Waals surface area (Å²) in [5.74, 6) is 0.146. The van der Waals surface area contributed by atoms with Crippen LogP contribution < -0.4 is 5.56 Å². The Hall–Kier alpha value is -2.50. The minimum absolute atomic E-state index is 0.0508. The van der Waals surface area contributed by atoms with Crippen LogP contribution in [-0.4, -0.2) is 29.9 Å². The van der Waals surface area contributed by atoms with E-state index >= 15 is 0 Å². The summed E-state index contributed by atoms with van der Waals surface area (Å²) in [5.41, 5.74) is -0.894. The van der Waals surface area contributed by atoms with Gasteiger partial charge in [-0.05, 0) is 29.8 Å². The lowest BCUT2D eigenvalue weighted by atomic mass is 10.3. The van der Waals surface area contributed by atoms with E-state index < -0.39 is 23.5 Å². The predicted octanol–water partition coefficient (Wildman–Crippen LogP) is 2.72. The first-order chi connectivity index (χ1) is 11.7. The number of aromatic nitrogens is 6. The number of rotatable bonds is 3. The number of hydrogen-bond donors (Lipinski definition) is 1. The standard InChI is InChI=1S/C13H10BrF3N6O2/c1-5-9(14)10(13(15,16)17)21-23(5)6(2)12-20-11(22-25-12)7-3-19-8(24)4-18-7/h3-4,6H,1-2H3,(H,19,24). The second-order valence-electron chi connectivity index (χ2n) is 5.12. The maximum atomic E-state index is 13.0. The molecule has 0 bridgehead atoms. The summed E-state index contributed by atoms with van der Waals surface area (Å²) in [6, 6.07) is -0.739. The molecule has 0 fully saturated rings. The minimum atomic E-state index is -4.59. The van der Waals surface area contributed by atoms with Crippen LogP contribution in [0.5, 0.6) is 0 Å². The van der Waals surface area contributed by atoms with E-state index in [-0.39, 0.29) is 27.6 Å². The topological polar surface area (TPSA) is 102 Å². The Bertz CT molecular complexity index is 957. The molecule has 0 aromatic carbocycles. The third kappa shape index (κ3) is 3.21. The van der Waals surface area contributed by atoms with E-state index in [1.54, 1.807) is 6.92 Å². The van der Waals surface area contributed by atoms with Crippen LogP contribution in [0.2, 0.25) is 0 Å². The van der Waals surface area contributed by atoms with Crippen LogP contribution in [-0.2, 0) is 6.18 Å². The lowest BCUT2D eigenvalue weighted by Crippen LogP contribution is -2.13. The van der Waals surface area contributed by atoms with Crippen LogP contribution in [0.1, 0.15) is 30.2 Å². The molecule has 0 aliphatic carbocycles. The Morgan fingerprint density at radius 1 is 1.40 bits per heavy atom. The van der Waals surface area contributed by atoms with Crippen molar-refractivity contribution in [3.8, 4) is 11.5 Å². The summed E-state index contributed by atoms with van der Waals surface area (Å²) in [6.45, 7) is 3.06. The van der Waals surface area contributed by atoms with Crippen molar-refractivity contribution in [3.63, 3.8) is 0 Å². The summed E-state index contributed by atoms with van der Waals surface area (Å²) >= 11 is 2.91. The smallest absolute Gasteiger partial charge is 0.337 e. The third-order valence-corrected chi connectivity index (χ3v) is 4.36. The lowest BCUT2D eigenvalue weighted by molar-refractivity contribution is -0.142.